The summed E-state index contributed by atoms with van der Waals surface area (Å²) in [6.45, 7) is 2.06. The maximum absolute atomic E-state index is 13.5. The van der Waals surface area contributed by atoms with Crippen molar-refractivity contribution in [3.63, 3.8) is 0 Å². The van der Waals surface area contributed by atoms with Gasteiger partial charge in [0, 0.05) is 48.5 Å². The molecule has 4 rings (SSSR count). The number of nitro groups is 1. The fraction of sp³-hybridized carbons (Fsp3) is 0.308. The van der Waals surface area contributed by atoms with E-state index in [0.717, 1.165) is 11.3 Å². The molecule has 2 aromatic rings. The van der Waals surface area contributed by atoms with Crippen LogP contribution < -0.4 is 5.32 Å². The Kier molecular flexibility index (Phi) is 6.88. The molecule has 0 spiro atoms. The monoisotopic (exact) mass is 462 g/mol. The molecule has 0 bridgehead atoms. The molecule has 2 atom stereocenters. The van der Waals surface area contributed by atoms with Crippen LogP contribution in [0.4, 0.5) is 5.69 Å². The first-order chi connectivity index (χ1) is 16.4. The van der Waals surface area contributed by atoms with Gasteiger partial charge in [-0.25, -0.2) is 4.79 Å². The average molecular weight is 463 g/mol. The first-order valence-electron chi connectivity index (χ1n) is 11.1. The molecule has 1 aliphatic heterocycles. The summed E-state index contributed by atoms with van der Waals surface area (Å²) in [7, 11) is 1.51. The zero-order chi connectivity index (χ0) is 24.2. The summed E-state index contributed by atoms with van der Waals surface area (Å²) in [6.07, 6.45) is 0.890. The highest BCUT2D eigenvalue weighted by Gasteiger charge is 2.41. The number of hydrogen-bond acceptors (Lipinski definition) is 7. The van der Waals surface area contributed by atoms with Crippen LogP contribution in [0, 0.1) is 10.1 Å². The van der Waals surface area contributed by atoms with Crippen molar-refractivity contribution in [2.24, 2.45) is 0 Å². The van der Waals surface area contributed by atoms with Gasteiger partial charge in [0.2, 0.25) is 0 Å². The van der Waals surface area contributed by atoms with Gasteiger partial charge in [0.05, 0.1) is 17.1 Å². The van der Waals surface area contributed by atoms with E-state index in [1.165, 1.54) is 19.2 Å². The van der Waals surface area contributed by atoms with Crippen molar-refractivity contribution in [2.75, 3.05) is 20.3 Å². The topological polar surface area (TPSA) is 108 Å². The predicted octanol–water partition coefficient (Wildman–Crippen LogP) is 4.15. The quantitative estimate of drug-likeness (QED) is 0.285. The second-order valence-corrected chi connectivity index (χ2v) is 8.41. The number of methoxy groups -OCH3 is 1. The van der Waals surface area contributed by atoms with Gasteiger partial charge in [0.15, 0.2) is 5.78 Å². The lowest BCUT2D eigenvalue weighted by Gasteiger charge is -2.36. The summed E-state index contributed by atoms with van der Waals surface area (Å²) in [5, 5.41) is 14.7. The summed E-state index contributed by atoms with van der Waals surface area (Å²) in [5.74, 6) is -1.42. The van der Waals surface area contributed by atoms with Crippen molar-refractivity contribution in [3.8, 4) is 0 Å². The number of nitrogens with zero attached hydrogens (tertiary/aromatic N) is 1. The molecular formula is C26H26N2O6. The molecule has 8 nitrogen and oxygen atoms in total. The highest BCUT2D eigenvalue weighted by molar-refractivity contribution is 6.04. The van der Waals surface area contributed by atoms with E-state index in [-0.39, 0.29) is 36.2 Å². The SMILES string of the molecule is COCCOC(=O)C1=C(C)NC2=C(C(=O)C[C@H](c3ccccc3)C2)[C@H]1c1cccc([N+](=O)[O-])c1. The van der Waals surface area contributed by atoms with E-state index < -0.39 is 16.8 Å². The lowest BCUT2D eigenvalue weighted by Crippen LogP contribution is -2.36. The maximum atomic E-state index is 13.5. The van der Waals surface area contributed by atoms with Crippen molar-refractivity contribution in [3.05, 3.63) is 98.4 Å². The van der Waals surface area contributed by atoms with Crippen molar-refractivity contribution in [2.45, 2.75) is 31.6 Å². The largest absolute Gasteiger partial charge is 0.460 e. The number of ketones is 1. The Labute approximate surface area is 197 Å². The zero-order valence-corrected chi connectivity index (χ0v) is 19.1. The number of hydrogen-bond donors (Lipinski definition) is 1. The zero-order valence-electron chi connectivity index (χ0n) is 19.1. The molecule has 2 aliphatic rings. The number of allylic oxidation sites excluding steroid dienone is 3. The van der Waals surface area contributed by atoms with Crippen LogP contribution in [0.5, 0.6) is 0 Å². The standard InChI is InChI=1S/C26H26N2O6/c1-16-23(26(30)34-12-11-33-2)24(18-9-6-10-20(13-18)28(31)32)25-21(27-16)14-19(15-22(25)29)17-7-4-3-5-8-17/h3-10,13,19,24,27H,11-12,14-15H2,1-2H3/t19-,24+/m1/s1. The van der Waals surface area contributed by atoms with Gasteiger partial charge in [-0.15, -0.1) is 0 Å². The Bertz CT molecular complexity index is 1180. The second kappa shape index (κ2) is 10.0. The summed E-state index contributed by atoms with van der Waals surface area (Å²) < 4.78 is 10.4. The van der Waals surface area contributed by atoms with Crippen LogP contribution in [0.3, 0.4) is 0 Å². The third-order valence-electron chi connectivity index (χ3n) is 6.25. The number of nitrogens with one attached hydrogen (secondary N) is 1. The van der Waals surface area contributed by atoms with Gasteiger partial charge in [0.1, 0.15) is 6.61 Å². The van der Waals surface area contributed by atoms with Crippen molar-refractivity contribution in [1.82, 2.24) is 5.32 Å². The van der Waals surface area contributed by atoms with E-state index in [1.807, 2.05) is 30.3 Å². The molecular weight excluding hydrogens is 436 g/mol. The van der Waals surface area contributed by atoms with Crippen LogP contribution in [-0.4, -0.2) is 37.0 Å². The third kappa shape index (κ3) is 4.63. The lowest BCUT2D eigenvalue weighted by atomic mass is 9.71. The molecule has 1 heterocycles. The number of rotatable bonds is 7. The molecule has 34 heavy (non-hydrogen) atoms. The van der Waals surface area contributed by atoms with Crippen LogP contribution in [0.15, 0.2) is 77.1 Å². The number of carbonyl (C=O) groups excluding carboxylic acids is 2. The molecule has 0 radical (unpaired) electrons. The molecule has 176 valence electrons. The fourth-order valence-corrected chi connectivity index (χ4v) is 4.72. The summed E-state index contributed by atoms with van der Waals surface area (Å²) in [4.78, 5) is 37.6. The average Bonchev–Trinajstić information content (AvgIpc) is 2.83. The van der Waals surface area contributed by atoms with Gasteiger partial charge in [-0.05, 0) is 30.4 Å². The van der Waals surface area contributed by atoms with E-state index in [0.29, 0.717) is 29.7 Å². The number of Topliss-reactive ketones (excluding diaryl/α,β-unsaturated/α-hetero) is 1. The van der Waals surface area contributed by atoms with Gasteiger partial charge in [-0.3, -0.25) is 14.9 Å². The minimum atomic E-state index is -0.754. The Morgan fingerprint density at radius 3 is 2.53 bits per heavy atom. The number of dihydropyridines is 1. The first-order valence-corrected chi connectivity index (χ1v) is 11.1. The Balaban J connectivity index is 1.78. The molecule has 1 N–H and O–H groups in total. The lowest BCUT2D eigenvalue weighted by molar-refractivity contribution is -0.384. The number of non-ortho nitro benzene ring substituents is 1. The second-order valence-electron chi connectivity index (χ2n) is 8.41. The van der Waals surface area contributed by atoms with Crippen molar-refractivity contribution >= 4 is 17.4 Å². The molecule has 0 unspecified atom stereocenters. The molecule has 0 saturated carbocycles. The normalized spacial score (nSPS) is 20.0. The molecule has 0 amide bonds. The number of esters is 1. The maximum Gasteiger partial charge on any atom is 0.336 e. The number of carbonyl (C=O) groups is 2. The minimum Gasteiger partial charge on any atom is -0.460 e. The molecule has 1 aliphatic carbocycles. The van der Waals surface area contributed by atoms with Gasteiger partial charge in [0.25, 0.3) is 5.69 Å². The molecule has 8 heteroatoms. The highest BCUT2D eigenvalue weighted by Crippen LogP contribution is 2.46. The molecule has 0 saturated heterocycles. The number of nitro benzene ring substituents is 1. The van der Waals surface area contributed by atoms with E-state index in [1.54, 1.807) is 19.1 Å². The molecule has 2 aromatic carbocycles. The van der Waals surface area contributed by atoms with Gasteiger partial charge in [-0.2, -0.15) is 0 Å². The van der Waals surface area contributed by atoms with E-state index >= 15 is 0 Å². The van der Waals surface area contributed by atoms with Gasteiger partial charge in [-0.1, -0.05) is 42.5 Å². The van der Waals surface area contributed by atoms with E-state index in [9.17, 15) is 19.7 Å². The molecule has 0 aromatic heterocycles. The smallest absolute Gasteiger partial charge is 0.336 e. The van der Waals surface area contributed by atoms with E-state index in [2.05, 4.69) is 5.32 Å². The number of ether oxygens (including phenoxy) is 2. The highest BCUT2D eigenvalue weighted by atomic mass is 16.6. The number of benzene rings is 2. The first kappa shape index (κ1) is 23.4. The van der Waals surface area contributed by atoms with E-state index in [4.69, 9.17) is 9.47 Å². The Morgan fingerprint density at radius 1 is 1.09 bits per heavy atom. The Hall–Kier alpha value is -3.78. The predicted molar refractivity (Wildman–Crippen MR) is 125 cm³/mol. The van der Waals surface area contributed by atoms with Crippen LogP contribution in [0.25, 0.3) is 0 Å². The van der Waals surface area contributed by atoms with Crippen LogP contribution >= 0.6 is 0 Å². The van der Waals surface area contributed by atoms with Gasteiger partial charge >= 0.3 is 5.97 Å². The summed E-state index contributed by atoms with van der Waals surface area (Å²) in [6, 6.07) is 15.9. The summed E-state index contributed by atoms with van der Waals surface area (Å²) >= 11 is 0. The Morgan fingerprint density at radius 2 is 1.82 bits per heavy atom. The summed E-state index contributed by atoms with van der Waals surface area (Å²) in [5.41, 5.74) is 3.54. The minimum absolute atomic E-state index is 0.00807. The van der Waals surface area contributed by atoms with Crippen molar-refractivity contribution in [1.29, 1.82) is 0 Å². The van der Waals surface area contributed by atoms with Crippen molar-refractivity contribution < 1.29 is 24.0 Å². The van der Waals surface area contributed by atoms with Crippen LogP contribution in [-0.2, 0) is 19.1 Å². The molecule has 0 fully saturated rings. The van der Waals surface area contributed by atoms with Crippen LogP contribution in [0.1, 0.15) is 42.7 Å². The van der Waals surface area contributed by atoms with Crippen LogP contribution in [0.2, 0.25) is 0 Å². The fourth-order valence-electron chi connectivity index (χ4n) is 4.72. The van der Waals surface area contributed by atoms with Gasteiger partial charge < -0.3 is 14.8 Å². The third-order valence-corrected chi connectivity index (χ3v) is 6.25.